The molecule has 0 fully saturated rings. The molecule has 0 spiro atoms. The molecule has 0 aliphatic rings. The number of carbonyl (C=O) groups excluding carboxylic acids is 2. The SMILES string of the molecule is CCOC(=O)c1ccc(C/C=C/CC(=O)Oc2cc(F)ccc2F)cc1. The Hall–Kier alpha value is -3.02. The molecule has 136 valence electrons. The molecule has 2 aromatic carbocycles. The Morgan fingerprint density at radius 3 is 2.46 bits per heavy atom. The maximum absolute atomic E-state index is 13.4. The summed E-state index contributed by atoms with van der Waals surface area (Å²) in [5.41, 5.74) is 1.42. The van der Waals surface area contributed by atoms with E-state index in [1.54, 1.807) is 43.3 Å². The van der Waals surface area contributed by atoms with E-state index in [0.717, 1.165) is 23.8 Å². The zero-order chi connectivity index (χ0) is 18.9. The first-order valence-corrected chi connectivity index (χ1v) is 8.06. The van der Waals surface area contributed by atoms with Gasteiger partial charge < -0.3 is 9.47 Å². The molecule has 0 amide bonds. The molecule has 0 aliphatic heterocycles. The molecular formula is C20H18F2O4. The lowest BCUT2D eigenvalue weighted by Crippen LogP contribution is -2.07. The molecular weight excluding hydrogens is 342 g/mol. The lowest BCUT2D eigenvalue weighted by Gasteiger charge is -2.04. The van der Waals surface area contributed by atoms with Crippen LogP contribution in [0.4, 0.5) is 8.78 Å². The monoisotopic (exact) mass is 360 g/mol. The van der Waals surface area contributed by atoms with Gasteiger partial charge in [0.05, 0.1) is 18.6 Å². The van der Waals surface area contributed by atoms with E-state index in [9.17, 15) is 18.4 Å². The van der Waals surface area contributed by atoms with Crippen LogP contribution >= 0.6 is 0 Å². The Balaban J connectivity index is 1.82. The van der Waals surface area contributed by atoms with Gasteiger partial charge in [0.2, 0.25) is 0 Å². The number of benzene rings is 2. The van der Waals surface area contributed by atoms with Gasteiger partial charge in [0.25, 0.3) is 0 Å². The molecule has 0 saturated carbocycles. The highest BCUT2D eigenvalue weighted by atomic mass is 19.1. The van der Waals surface area contributed by atoms with Crippen molar-refractivity contribution >= 4 is 11.9 Å². The Morgan fingerprint density at radius 2 is 1.77 bits per heavy atom. The van der Waals surface area contributed by atoms with Gasteiger partial charge >= 0.3 is 11.9 Å². The second kappa shape index (κ2) is 9.46. The minimum absolute atomic E-state index is 0.0726. The molecule has 0 aliphatic carbocycles. The minimum atomic E-state index is -0.801. The average Bonchev–Trinajstić information content (AvgIpc) is 2.62. The zero-order valence-corrected chi connectivity index (χ0v) is 14.2. The van der Waals surface area contributed by atoms with Crippen LogP contribution in [-0.4, -0.2) is 18.5 Å². The second-order valence-corrected chi connectivity index (χ2v) is 5.35. The smallest absolute Gasteiger partial charge is 0.338 e. The van der Waals surface area contributed by atoms with Gasteiger partial charge in [0, 0.05) is 6.07 Å². The van der Waals surface area contributed by atoms with Crippen LogP contribution in [0.3, 0.4) is 0 Å². The number of halogens is 2. The fourth-order valence-corrected chi connectivity index (χ4v) is 2.11. The summed E-state index contributed by atoms with van der Waals surface area (Å²) in [6, 6.07) is 9.58. The number of allylic oxidation sites excluding steroid dienone is 1. The summed E-state index contributed by atoms with van der Waals surface area (Å²) in [5.74, 6) is -2.98. The number of esters is 2. The third-order valence-electron chi connectivity index (χ3n) is 3.39. The van der Waals surface area contributed by atoms with Crippen molar-refractivity contribution in [3.05, 3.63) is 77.4 Å². The predicted molar refractivity (Wildman–Crippen MR) is 91.9 cm³/mol. The fraction of sp³-hybridized carbons (Fsp3) is 0.200. The van der Waals surface area contributed by atoms with Gasteiger partial charge in [-0.3, -0.25) is 4.79 Å². The first-order chi connectivity index (χ1) is 12.5. The van der Waals surface area contributed by atoms with E-state index in [1.165, 1.54) is 0 Å². The maximum atomic E-state index is 13.4. The summed E-state index contributed by atoms with van der Waals surface area (Å²) in [4.78, 5) is 23.2. The normalized spacial score (nSPS) is 10.7. The standard InChI is InChI=1S/C20H18F2O4/c1-2-25-20(24)15-9-7-14(8-10-15)5-3-4-6-19(23)26-18-13-16(21)11-12-17(18)22/h3-4,7-13H,2,5-6H2,1H3/b4-3+. The molecule has 2 aromatic rings. The molecule has 0 unspecified atom stereocenters. The molecule has 0 atom stereocenters. The Bertz CT molecular complexity index is 798. The molecule has 6 heteroatoms. The maximum Gasteiger partial charge on any atom is 0.338 e. The van der Waals surface area contributed by atoms with E-state index in [1.807, 2.05) is 0 Å². The van der Waals surface area contributed by atoms with Gasteiger partial charge in [-0.25, -0.2) is 13.6 Å². The van der Waals surface area contributed by atoms with Crippen molar-refractivity contribution in [3.8, 4) is 5.75 Å². The summed E-state index contributed by atoms with van der Waals surface area (Å²) in [6.45, 7) is 2.06. The van der Waals surface area contributed by atoms with Crippen molar-refractivity contribution < 1.29 is 27.8 Å². The first kappa shape index (κ1) is 19.3. The van der Waals surface area contributed by atoms with Gasteiger partial charge in [-0.15, -0.1) is 0 Å². The highest BCUT2D eigenvalue weighted by molar-refractivity contribution is 5.89. The van der Waals surface area contributed by atoms with E-state index < -0.39 is 23.4 Å². The van der Waals surface area contributed by atoms with Crippen LogP contribution in [0, 0.1) is 11.6 Å². The van der Waals surface area contributed by atoms with Crippen LogP contribution in [0.2, 0.25) is 0 Å². The molecule has 0 saturated heterocycles. The van der Waals surface area contributed by atoms with Crippen LogP contribution in [0.1, 0.15) is 29.3 Å². The topological polar surface area (TPSA) is 52.6 Å². The summed E-state index contributed by atoms with van der Waals surface area (Å²) < 4.78 is 36.1. The number of carbonyl (C=O) groups is 2. The van der Waals surface area contributed by atoms with E-state index in [0.29, 0.717) is 18.6 Å². The number of ether oxygens (including phenoxy) is 2. The van der Waals surface area contributed by atoms with Crippen LogP contribution in [0.5, 0.6) is 5.75 Å². The van der Waals surface area contributed by atoms with Gasteiger partial charge in [0.1, 0.15) is 5.82 Å². The third-order valence-corrected chi connectivity index (χ3v) is 3.39. The van der Waals surface area contributed by atoms with Crippen LogP contribution < -0.4 is 4.74 Å². The van der Waals surface area contributed by atoms with Gasteiger partial charge in [0.15, 0.2) is 11.6 Å². The van der Waals surface area contributed by atoms with Gasteiger partial charge in [-0.1, -0.05) is 24.3 Å². The van der Waals surface area contributed by atoms with E-state index in [-0.39, 0.29) is 12.4 Å². The van der Waals surface area contributed by atoms with Crippen LogP contribution in [-0.2, 0) is 16.0 Å². The highest BCUT2D eigenvalue weighted by Crippen LogP contribution is 2.18. The van der Waals surface area contributed by atoms with Crippen molar-refractivity contribution in [2.45, 2.75) is 19.8 Å². The van der Waals surface area contributed by atoms with Crippen molar-refractivity contribution in [2.75, 3.05) is 6.61 Å². The third kappa shape index (κ3) is 5.81. The average molecular weight is 360 g/mol. The minimum Gasteiger partial charge on any atom is -0.462 e. The molecule has 0 bridgehead atoms. The molecule has 2 rings (SSSR count). The number of rotatable bonds is 7. The molecule has 4 nitrogen and oxygen atoms in total. The van der Waals surface area contributed by atoms with E-state index in [4.69, 9.17) is 9.47 Å². The molecule has 0 N–H and O–H groups in total. The molecule has 0 heterocycles. The first-order valence-electron chi connectivity index (χ1n) is 8.06. The van der Waals surface area contributed by atoms with E-state index >= 15 is 0 Å². The fourth-order valence-electron chi connectivity index (χ4n) is 2.11. The van der Waals surface area contributed by atoms with Crippen LogP contribution in [0.25, 0.3) is 0 Å². The number of hydrogen-bond donors (Lipinski definition) is 0. The lowest BCUT2D eigenvalue weighted by atomic mass is 10.1. The molecule has 0 radical (unpaired) electrons. The predicted octanol–water partition coefficient (Wildman–Crippen LogP) is 4.24. The van der Waals surface area contributed by atoms with E-state index in [2.05, 4.69) is 0 Å². The van der Waals surface area contributed by atoms with Crippen molar-refractivity contribution in [1.82, 2.24) is 0 Å². The zero-order valence-electron chi connectivity index (χ0n) is 14.2. The van der Waals surface area contributed by atoms with Crippen molar-refractivity contribution in [2.24, 2.45) is 0 Å². The largest absolute Gasteiger partial charge is 0.462 e. The number of hydrogen-bond acceptors (Lipinski definition) is 4. The Kier molecular flexibility index (Phi) is 7.02. The Labute approximate surface area is 150 Å². The summed E-state index contributed by atoms with van der Waals surface area (Å²) in [7, 11) is 0. The van der Waals surface area contributed by atoms with Crippen LogP contribution in [0.15, 0.2) is 54.6 Å². The summed E-state index contributed by atoms with van der Waals surface area (Å²) in [6.07, 6.45) is 3.81. The van der Waals surface area contributed by atoms with Gasteiger partial charge in [-0.05, 0) is 43.2 Å². The summed E-state index contributed by atoms with van der Waals surface area (Å²) >= 11 is 0. The summed E-state index contributed by atoms with van der Waals surface area (Å²) in [5, 5.41) is 0. The van der Waals surface area contributed by atoms with Gasteiger partial charge in [-0.2, -0.15) is 0 Å². The Morgan fingerprint density at radius 1 is 1.04 bits per heavy atom. The van der Waals surface area contributed by atoms with Crippen molar-refractivity contribution in [3.63, 3.8) is 0 Å². The quantitative estimate of drug-likeness (QED) is 0.421. The highest BCUT2D eigenvalue weighted by Gasteiger charge is 2.09. The van der Waals surface area contributed by atoms with Crippen molar-refractivity contribution in [1.29, 1.82) is 0 Å². The lowest BCUT2D eigenvalue weighted by molar-refractivity contribution is -0.133. The molecule has 0 aromatic heterocycles. The second-order valence-electron chi connectivity index (χ2n) is 5.35. The molecule has 26 heavy (non-hydrogen) atoms.